The van der Waals surface area contributed by atoms with E-state index in [1.807, 2.05) is 0 Å². The fourth-order valence-corrected chi connectivity index (χ4v) is 14.4. The number of aromatic nitrogens is 1. The van der Waals surface area contributed by atoms with Crippen molar-refractivity contribution in [1.82, 2.24) is 4.57 Å². The molecule has 1 heterocycles. The molecule has 2 heteroatoms. The molecule has 0 saturated carbocycles. The Morgan fingerprint density at radius 2 is 0.671 bits per heavy atom. The summed E-state index contributed by atoms with van der Waals surface area (Å²) in [6, 6.07) is 122. The number of nitrogens with zero attached hydrogens (tertiary/aromatic N) is 2. The molecule has 17 rings (SSSR count). The van der Waals surface area contributed by atoms with Crippen molar-refractivity contribution >= 4 is 49.6 Å². The van der Waals surface area contributed by atoms with Gasteiger partial charge in [-0.2, -0.15) is 0 Å². The van der Waals surface area contributed by atoms with Crippen LogP contribution in [0.1, 0.15) is 22.3 Å². The van der Waals surface area contributed by atoms with Gasteiger partial charge in [0.15, 0.2) is 0 Å². The summed E-state index contributed by atoms with van der Waals surface area (Å²) in [6.45, 7) is 0. The third-order valence-electron chi connectivity index (χ3n) is 18.2. The molecule has 85 heavy (non-hydrogen) atoms. The second kappa shape index (κ2) is 19.6. The second-order valence-corrected chi connectivity index (χ2v) is 22.7. The number of benzene rings is 14. The van der Waals surface area contributed by atoms with Gasteiger partial charge in [-0.05, 0) is 178 Å². The van der Waals surface area contributed by atoms with Gasteiger partial charge in [-0.1, -0.05) is 255 Å². The van der Waals surface area contributed by atoms with Gasteiger partial charge in [0.05, 0.1) is 22.1 Å². The van der Waals surface area contributed by atoms with Crippen LogP contribution in [0, 0.1) is 0 Å². The lowest BCUT2D eigenvalue weighted by Gasteiger charge is -2.32. The Morgan fingerprint density at radius 3 is 1.36 bits per heavy atom. The van der Waals surface area contributed by atoms with Gasteiger partial charge in [-0.3, -0.25) is 0 Å². The Bertz CT molecular complexity index is 5060. The maximum absolute atomic E-state index is 2.50. The van der Waals surface area contributed by atoms with Gasteiger partial charge in [0.1, 0.15) is 0 Å². The van der Waals surface area contributed by atoms with Crippen LogP contribution in [-0.4, -0.2) is 4.57 Å². The largest absolute Gasteiger partial charge is 0.310 e. The van der Waals surface area contributed by atoms with E-state index in [1.165, 1.54) is 99.4 Å². The van der Waals surface area contributed by atoms with Crippen LogP contribution < -0.4 is 4.90 Å². The lowest BCUT2D eigenvalue weighted by atomic mass is 9.70. The van der Waals surface area contributed by atoms with Crippen LogP contribution in [0.5, 0.6) is 0 Å². The zero-order valence-corrected chi connectivity index (χ0v) is 46.6. The van der Waals surface area contributed by atoms with E-state index in [-0.39, 0.29) is 0 Å². The normalized spacial score (nSPS) is 12.6. The molecule has 1 spiro atoms. The van der Waals surface area contributed by atoms with Crippen molar-refractivity contribution in [3.05, 3.63) is 350 Å². The molecule has 0 fully saturated rings. The summed E-state index contributed by atoms with van der Waals surface area (Å²) >= 11 is 0. The van der Waals surface area contributed by atoms with Crippen LogP contribution in [-0.2, 0) is 5.41 Å². The lowest BCUT2D eigenvalue weighted by molar-refractivity contribution is 0.793. The molecular weight excluding hydrogens is 1020 g/mol. The fraction of sp³-hybridized carbons (Fsp3) is 0.0120. The molecule has 15 aromatic rings. The number of para-hydroxylation sites is 1. The summed E-state index contributed by atoms with van der Waals surface area (Å²) in [7, 11) is 0. The maximum Gasteiger partial charge on any atom is 0.0726 e. The van der Waals surface area contributed by atoms with Gasteiger partial charge in [0, 0.05) is 33.2 Å². The smallest absolute Gasteiger partial charge is 0.0726 e. The Kier molecular flexibility index (Phi) is 11.2. The van der Waals surface area contributed by atoms with Crippen molar-refractivity contribution in [2.45, 2.75) is 5.41 Å². The Hall–Kier alpha value is -11.1. The van der Waals surface area contributed by atoms with E-state index < -0.39 is 5.41 Å². The molecular formula is C83H54N2. The fourth-order valence-electron chi connectivity index (χ4n) is 14.4. The van der Waals surface area contributed by atoms with Crippen molar-refractivity contribution in [3.63, 3.8) is 0 Å². The Balaban J connectivity index is 0.820. The van der Waals surface area contributed by atoms with Crippen LogP contribution >= 0.6 is 0 Å². The van der Waals surface area contributed by atoms with Crippen LogP contribution in [0.4, 0.5) is 17.1 Å². The molecule has 0 N–H and O–H groups in total. The molecule has 0 saturated heterocycles. The van der Waals surface area contributed by atoms with Crippen LogP contribution in [0.15, 0.2) is 328 Å². The summed E-state index contributed by atoms with van der Waals surface area (Å²) in [5, 5.41) is 4.81. The third-order valence-corrected chi connectivity index (χ3v) is 18.2. The number of hydrogen-bond donors (Lipinski definition) is 0. The first-order valence-electron chi connectivity index (χ1n) is 29.5. The van der Waals surface area contributed by atoms with E-state index in [0.717, 1.165) is 56.0 Å². The minimum Gasteiger partial charge on any atom is -0.310 e. The first-order chi connectivity index (χ1) is 42.1. The van der Waals surface area contributed by atoms with Gasteiger partial charge in [0.2, 0.25) is 0 Å². The summed E-state index contributed by atoms with van der Waals surface area (Å²) < 4.78 is 2.47. The summed E-state index contributed by atoms with van der Waals surface area (Å²) in [4.78, 5) is 2.50. The van der Waals surface area contributed by atoms with E-state index in [9.17, 15) is 0 Å². The molecule has 0 bridgehead atoms. The van der Waals surface area contributed by atoms with Crippen molar-refractivity contribution < 1.29 is 0 Å². The van der Waals surface area contributed by atoms with Gasteiger partial charge >= 0.3 is 0 Å². The summed E-state index contributed by atoms with van der Waals surface area (Å²) in [5.74, 6) is 0. The molecule has 0 amide bonds. The van der Waals surface area contributed by atoms with Crippen molar-refractivity contribution in [1.29, 1.82) is 0 Å². The molecule has 2 nitrogen and oxygen atoms in total. The standard InChI is InChI=1S/C83H54N2/c1-3-20-55(21-4-1)57-40-42-58(43-41-57)64-49-65(61-27-17-26-60(48-61)56-22-5-2-6-23-56)52-68(51-64)85-81-38-16-12-34-74(81)75-53-63(44-47-82(75)85)62-28-18-29-66(50-62)84(80-39-19-25-59-24-7-8-30-69(59)80)67-45-46-73-72-33-11-15-37-78(72)83(79(73)54-67)76-35-13-9-31-70(76)71-32-10-14-36-77(71)83/h1-54H. The Labute approximate surface area is 495 Å². The van der Waals surface area contributed by atoms with Gasteiger partial charge in [-0.15, -0.1) is 0 Å². The topological polar surface area (TPSA) is 8.17 Å². The first kappa shape index (κ1) is 48.6. The average Bonchev–Trinajstić information content (AvgIpc) is 2.10. The quantitative estimate of drug-likeness (QED) is 0.140. The molecule has 396 valence electrons. The zero-order chi connectivity index (χ0) is 56.0. The third kappa shape index (κ3) is 7.73. The van der Waals surface area contributed by atoms with Crippen molar-refractivity contribution in [2.75, 3.05) is 4.90 Å². The molecule has 1 aromatic heterocycles. The SMILES string of the molecule is c1ccc(-c2ccc(-c3cc(-c4cccc(-c5ccccc5)c4)cc(-n4c5ccccc5c5cc(-c6cccc(N(c7ccc8c(c7)C7(c9ccccc9-c9ccccc97)c7ccccc7-8)c7cccc8ccccc78)c6)ccc54)c3)cc2)cc1. The molecule has 2 aliphatic carbocycles. The highest BCUT2D eigenvalue weighted by Crippen LogP contribution is 2.63. The van der Waals surface area contributed by atoms with Gasteiger partial charge < -0.3 is 9.47 Å². The number of rotatable bonds is 9. The number of hydrogen-bond acceptors (Lipinski definition) is 1. The number of anilines is 3. The predicted octanol–water partition coefficient (Wildman–Crippen LogP) is 22.1. The molecule has 0 unspecified atom stereocenters. The minimum atomic E-state index is -0.472. The van der Waals surface area contributed by atoms with Crippen molar-refractivity contribution in [3.8, 4) is 83.6 Å². The molecule has 0 aliphatic heterocycles. The minimum absolute atomic E-state index is 0.472. The zero-order valence-electron chi connectivity index (χ0n) is 46.6. The van der Waals surface area contributed by atoms with Crippen LogP contribution in [0.3, 0.4) is 0 Å². The van der Waals surface area contributed by atoms with Crippen LogP contribution in [0.2, 0.25) is 0 Å². The van der Waals surface area contributed by atoms with E-state index in [1.54, 1.807) is 0 Å². The predicted molar refractivity (Wildman–Crippen MR) is 356 cm³/mol. The average molecular weight is 1080 g/mol. The number of fused-ring (bicyclic) bond motifs is 14. The van der Waals surface area contributed by atoms with Gasteiger partial charge in [-0.25, -0.2) is 0 Å². The first-order valence-corrected chi connectivity index (χ1v) is 29.5. The molecule has 0 atom stereocenters. The van der Waals surface area contributed by atoms with E-state index in [4.69, 9.17) is 0 Å². The Morgan fingerprint density at radius 1 is 0.235 bits per heavy atom. The van der Waals surface area contributed by atoms with E-state index in [0.29, 0.717) is 0 Å². The highest BCUT2D eigenvalue weighted by Gasteiger charge is 2.51. The second-order valence-electron chi connectivity index (χ2n) is 22.7. The highest BCUT2D eigenvalue weighted by atomic mass is 15.1. The highest BCUT2D eigenvalue weighted by molar-refractivity contribution is 6.11. The molecule has 0 radical (unpaired) electrons. The maximum atomic E-state index is 2.50. The van der Waals surface area contributed by atoms with Crippen LogP contribution in [0.25, 0.3) is 116 Å². The molecule has 14 aromatic carbocycles. The summed E-state index contributed by atoms with van der Waals surface area (Å²) in [5.41, 5.74) is 28.6. The van der Waals surface area contributed by atoms with E-state index >= 15 is 0 Å². The van der Waals surface area contributed by atoms with E-state index in [2.05, 4.69) is 337 Å². The molecule has 2 aliphatic rings. The van der Waals surface area contributed by atoms with Crippen molar-refractivity contribution in [2.24, 2.45) is 0 Å². The van der Waals surface area contributed by atoms with Gasteiger partial charge in [0.25, 0.3) is 0 Å². The summed E-state index contributed by atoms with van der Waals surface area (Å²) in [6.07, 6.45) is 0. The monoisotopic (exact) mass is 1080 g/mol. The lowest BCUT2D eigenvalue weighted by Crippen LogP contribution is -2.26.